The van der Waals surface area contributed by atoms with Gasteiger partial charge in [-0.05, 0) is 24.7 Å². The van der Waals surface area contributed by atoms with Crippen LogP contribution in [0.3, 0.4) is 0 Å². The van der Waals surface area contributed by atoms with Crippen LogP contribution in [0.2, 0.25) is 0 Å². The van der Waals surface area contributed by atoms with Gasteiger partial charge in [0.15, 0.2) is 0 Å². The van der Waals surface area contributed by atoms with Gasteiger partial charge in [-0.25, -0.2) is 4.98 Å². The fourth-order valence-electron chi connectivity index (χ4n) is 2.41. The minimum absolute atomic E-state index is 0.663. The van der Waals surface area contributed by atoms with E-state index in [1.54, 1.807) is 0 Å². The zero-order valence-corrected chi connectivity index (χ0v) is 10.5. The van der Waals surface area contributed by atoms with Crippen molar-refractivity contribution < 1.29 is 0 Å². The van der Waals surface area contributed by atoms with E-state index in [2.05, 4.69) is 28.8 Å². The molecule has 0 aromatic carbocycles. The van der Waals surface area contributed by atoms with Crippen molar-refractivity contribution in [3.63, 3.8) is 0 Å². The van der Waals surface area contributed by atoms with Crippen LogP contribution in [0.25, 0.3) is 0 Å². The van der Waals surface area contributed by atoms with Crippen LogP contribution in [0, 0.1) is 5.41 Å². The van der Waals surface area contributed by atoms with E-state index in [1.165, 1.54) is 38.1 Å². The van der Waals surface area contributed by atoms with Crippen LogP contribution < -0.4 is 5.32 Å². The quantitative estimate of drug-likeness (QED) is 0.715. The number of hydrogen-bond acceptors (Lipinski definition) is 2. The van der Waals surface area contributed by atoms with Crippen LogP contribution >= 0.6 is 0 Å². The van der Waals surface area contributed by atoms with Gasteiger partial charge >= 0.3 is 0 Å². The van der Waals surface area contributed by atoms with Crippen LogP contribution in [-0.4, -0.2) is 22.6 Å². The van der Waals surface area contributed by atoms with Crippen molar-refractivity contribution in [2.45, 2.75) is 39.0 Å². The van der Waals surface area contributed by atoms with Crippen LogP contribution in [0.5, 0.6) is 0 Å². The third-order valence-corrected chi connectivity index (χ3v) is 3.68. The molecule has 90 valence electrons. The van der Waals surface area contributed by atoms with Gasteiger partial charge in [0.2, 0.25) is 0 Å². The van der Waals surface area contributed by atoms with E-state index in [4.69, 9.17) is 0 Å². The molecular weight excluding hydrogens is 198 g/mol. The average Bonchev–Trinajstić information content (AvgIpc) is 2.91. The van der Waals surface area contributed by atoms with Crippen LogP contribution in [-0.2, 0) is 13.5 Å². The number of hydrogen-bond donors (Lipinski definition) is 1. The molecular formula is C13H23N3. The van der Waals surface area contributed by atoms with E-state index < -0.39 is 0 Å². The highest BCUT2D eigenvalue weighted by molar-refractivity contribution is 4.95. The Kier molecular flexibility index (Phi) is 3.64. The van der Waals surface area contributed by atoms with E-state index in [0.29, 0.717) is 5.41 Å². The Balaban J connectivity index is 1.64. The Morgan fingerprint density at radius 1 is 1.50 bits per heavy atom. The second kappa shape index (κ2) is 5.00. The molecule has 0 radical (unpaired) electrons. The third kappa shape index (κ3) is 2.85. The van der Waals surface area contributed by atoms with Gasteiger partial charge in [0.25, 0.3) is 0 Å². The Morgan fingerprint density at radius 3 is 2.88 bits per heavy atom. The maximum atomic E-state index is 4.32. The molecule has 1 aliphatic carbocycles. The number of nitrogens with zero attached hydrogens (tertiary/aromatic N) is 2. The molecule has 16 heavy (non-hydrogen) atoms. The molecule has 0 unspecified atom stereocenters. The van der Waals surface area contributed by atoms with Crippen molar-refractivity contribution in [1.82, 2.24) is 14.9 Å². The fraction of sp³-hybridized carbons (Fsp3) is 0.769. The smallest absolute Gasteiger partial charge is 0.109 e. The summed E-state index contributed by atoms with van der Waals surface area (Å²) in [4.78, 5) is 4.32. The Morgan fingerprint density at radius 2 is 2.31 bits per heavy atom. The predicted molar refractivity (Wildman–Crippen MR) is 66.4 cm³/mol. The summed E-state index contributed by atoms with van der Waals surface area (Å²) >= 11 is 0. The number of nitrogens with one attached hydrogen (secondary N) is 1. The molecule has 1 heterocycles. The van der Waals surface area contributed by atoms with Crippen molar-refractivity contribution in [2.24, 2.45) is 12.5 Å². The van der Waals surface area contributed by atoms with E-state index in [-0.39, 0.29) is 0 Å². The lowest BCUT2D eigenvalue weighted by atomic mass is 10.0. The molecule has 2 rings (SSSR count). The number of imidazole rings is 1. The van der Waals surface area contributed by atoms with Crippen molar-refractivity contribution in [1.29, 1.82) is 0 Å². The lowest BCUT2D eigenvalue weighted by Gasteiger charge is -2.14. The van der Waals surface area contributed by atoms with Crippen molar-refractivity contribution in [3.05, 3.63) is 18.2 Å². The second-order valence-electron chi connectivity index (χ2n) is 5.13. The van der Waals surface area contributed by atoms with Gasteiger partial charge < -0.3 is 9.88 Å². The maximum Gasteiger partial charge on any atom is 0.109 e. The molecule has 3 heteroatoms. The maximum absolute atomic E-state index is 4.32. The first-order valence-electron chi connectivity index (χ1n) is 6.43. The first-order valence-corrected chi connectivity index (χ1v) is 6.43. The molecule has 0 aliphatic heterocycles. The molecule has 0 atom stereocenters. The standard InChI is InChI=1S/C13H23N3/c1-3-5-13(6-7-13)11-14-8-4-12-15-9-10-16(12)2/h9-10,14H,3-8,11H2,1-2H3. The van der Waals surface area contributed by atoms with Crippen molar-refractivity contribution in [2.75, 3.05) is 13.1 Å². The Bertz CT molecular complexity index is 326. The van der Waals surface area contributed by atoms with Gasteiger partial charge in [0, 0.05) is 39.0 Å². The summed E-state index contributed by atoms with van der Waals surface area (Å²) in [5.41, 5.74) is 0.663. The second-order valence-corrected chi connectivity index (χ2v) is 5.13. The SMILES string of the molecule is CCCC1(CNCCc2nccn2C)CC1. The lowest BCUT2D eigenvalue weighted by Crippen LogP contribution is -2.26. The predicted octanol–water partition coefficient (Wildman–Crippen LogP) is 2.13. The first kappa shape index (κ1) is 11.6. The van der Waals surface area contributed by atoms with Crippen molar-refractivity contribution in [3.8, 4) is 0 Å². The summed E-state index contributed by atoms with van der Waals surface area (Å²) in [5.74, 6) is 1.17. The van der Waals surface area contributed by atoms with Crippen LogP contribution in [0.4, 0.5) is 0 Å². The zero-order chi connectivity index (χ0) is 11.4. The van der Waals surface area contributed by atoms with E-state index in [0.717, 1.165) is 13.0 Å². The first-order chi connectivity index (χ1) is 7.76. The number of rotatable bonds is 7. The Hall–Kier alpha value is -0.830. The molecule has 3 nitrogen and oxygen atoms in total. The highest BCUT2D eigenvalue weighted by Crippen LogP contribution is 2.48. The van der Waals surface area contributed by atoms with Crippen LogP contribution in [0.15, 0.2) is 12.4 Å². The van der Waals surface area contributed by atoms with Gasteiger partial charge in [0.1, 0.15) is 5.82 Å². The molecule has 1 aromatic rings. The average molecular weight is 221 g/mol. The van der Waals surface area contributed by atoms with Gasteiger partial charge in [-0.2, -0.15) is 0 Å². The monoisotopic (exact) mass is 221 g/mol. The molecule has 0 bridgehead atoms. The van der Waals surface area contributed by atoms with E-state index in [9.17, 15) is 0 Å². The van der Waals surface area contributed by atoms with Gasteiger partial charge in [-0.1, -0.05) is 13.3 Å². The normalized spacial score (nSPS) is 17.6. The molecule has 1 N–H and O–H groups in total. The lowest BCUT2D eigenvalue weighted by molar-refractivity contribution is 0.421. The molecule has 0 amide bonds. The summed E-state index contributed by atoms with van der Waals surface area (Å²) in [7, 11) is 2.06. The van der Waals surface area contributed by atoms with E-state index in [1.807, 2.05) is 12.4 Å². The zero-order valence-electron chi connectivity index (χ0n) is 10.5. The topological polar surface area (TPSA) is 29.9 Å². The molecule has 1 aromatic heterocycles. The minimum atomic E-state index is 0.663. The van der Waals surface area contributed by atoms with Gasteiger partial charge in [-0.15, -0.1) is 0 Å². The Labute approximate surface area is 98.3 Å². The highest BCUT2D eigenvalue weighted by atomic mass is 15.0. The minimum Gasteiger partial charge on any atom is -0.338 e. The summed E-state index contributed by atoms with van der Waals surface area (Å²) in [6, 6.07) is 0. The summed E-state index contributed by atoms with van der Waals surface area (Å²) in [6.45, 7) is 4.54. The van der Waals surface area contributed by atoms with Gasteiger partial charge in [-0.3, -0.25) is 0 Å². The van der Waals surface area contributed by atoms with Gasteiger partial charge in [0.05, 0.1) is 0 Å². The summed E-state index contributed by atoms with van der Waals surface area (Å²) in [6.07, 6.45) is 10.5. The number of aromatic nitrogens is 2. The molecule has 0 saturated heterocycles. The summed E-state index contributed by atoms with van der Waals surface area (Å²) < 4.78 is 2.10. The molecule has 1 saturated carbocycles. The molecule has 0 spiro atoms. The fourth-order valence-corrected chi connectivity index (χ4v) is 2.41. The highest BCUT2D eigenvalue weighted by Gasteiger charge is 2.40. The van der Waals surface area contributed by atoms with E-state index >= 15 is 0 Å². The van der Waals surface area contributed by atoms with Crippen molar-refractivity contribution >= 4 is 0 Å². The third-order valence-electron chi connectivity index (χ3n) is 3.68. The summed E-state index contributed by atoms with van der Waals surface area (Å²) in [5, 5.41) is 3.59. The molecule has 1 aliphatic rings. The molecule has 1 fully saturated rings. The number of aryl methyl sites for hydroxylation is 1. The largest absolute Gasteiger partial charge is 0.338 e. The van der Waals surface area contributed by atoms with Crippen LogP contribution in [0.1, 0.15) is 38.4 Å².